The maximum Gasteiger partial charge on any atom is 0.351 e. The summed E-state index contributed by atoms with van der Waals surface area (Å²) in [6, 6.07) is 16.4. The second-order valence-corrected chi connectivity index (χ2v) is 10.7. The van der Waals surface area contributed by atoms with Crippen LogP contribution in [-0.2, 0) is 16.6 Å². The van der Waals surface area contributed by atoms with Crippen molar-refractivity contribution in [2.45, 2.75) is 59.1 Å². The summed E-state index contributed by atoms with van der Waals surface area (Å²) in [5.74, 6) is 2.41. The summed E-state index contributed by atoms with van der Waals surface area (Å²) >= 11 is 0. The van der Waals surface area contributed by atoms with Gasteiger partial charge in [0.25, 0.3) is 5.82 Å². The Balaban J connectivity index is 1.73. The lowest BCUT2D eigenvalue weighted by molar-refractivity contribution is -0.634. The van der Waals surface area contributed by atoms with E-state index < -0.39 is 6.04 Å². The van der Waals surface area contributed by atoms with Crippen molar-refractivity contribution in [3.05, 3.63) is 48.5 Å². The molecule has 0 aliphatic heterocycles. The number of hydrogen-bond acceptors (Lipinski definition) is 3. The molecule has 1 aliphatic carbocycles. The van der Waals surface area contributed by atoms with Crippen LogP contribution in [0.25, 0.3) is 22.4 Å². The Kier molecular flexibility index (Phi) is 7.01. The van der Waals surface area contributed by atoms with Crippen molar-refractivity contribution in [2.75, 3.05) is 19.0 Å². The quantitative estimate of drug-likeness (QED) is 0.345. The lowest BCUT2D eigenvalue weighted by atomic mass is 9.75. The van der Waals surface area contributed by atoms with Gasteiger partial charge in [-0.25, -0.2) is 13.9 Å². The van der Waals surface area contributed by atoms with Crippen LogP contribution in [0.1, 0.15) is 53.0 Å². The number of hydrogen-bond donors (Lipinski definition) is 0. The average Bonchev–Trinajstić information content (AvgIpc) is 3.11. The molecule has 1 aromatic heterocycles. The molecule has 34 heavy (non-hydrogen) atoms. The van der Waals surface area contributed by atoms with E-state index in [9.17, 15) is 4.79 Å². The van der Waals surface area contributed by atoms with Crippen molar-refractivity contribution in [1.82, 2.24) is 4.57 Å². The Morgan fingerprint density at radius 1 is 1.06 bits per heavy atom. The minimum atomic E-state index is -0.431. The first kappa shape index (κ1) is 24.3. The van der Waals surface area contributed by atoms with Crippen LogP contribution < -0.4 is 9.47 Å². The number of para-hydroxylation sites is 2. The van der Waals surface area contributed by atoms with Gasteiger partial charge in [-0.1, -0.05) is 39.3 Å². The molecular formula is C29H40N3O2+. The number of anilines is 1. The first-order chi connectivity index (χ1) is 16.2. The van der Waals surface area contributed by atoms with E-state index in [2.05, 4.69) is 78.3 Å². The molecule has 3 aromatic rings. The summed E-state index contributed by atoms with van der Waals surface area (Å²) in [7, 11) is 6.16. The summed E-state index contributed by atoms with van der Waals surface area (Å²) in [6.45, 7) is 8.75. The summed E-state index contributed by atoms with van der Waals surface area (Å²) in [5, 5.41) is 0. The first-order valence-corrected chi connectivity index (χ1v) is 12.7. The number of carbonyl (C=O) groups excluding carboxylic acids is 1. The number of esters is 1. The fraction of sp³-hybridized carbons (Fsp3) is 0.517. The van der Waals surface area contributed by atoms with Crippen molar-refractivity contribution in [3.63, 3.8) is 0 Å². The normalized spacial score (nSPS) is 21.6. The highest BCUT2D eigenvalue weighted by atomic mass is 16.5. The number of benzene rings is 2. The minimum absolute atomic E-state index is 0.00268. The van der Waals surface area contributed by atoms with E-state index in [0.29, 0.717) is 17.8 Å². The molecule has 0 N–H and O–H groups in total. The van der Waals surface area contributed by atoms with E-state index in [1.165, 1.54) is 6.42 Å². The second kappa shape index (κ2) is 9.81. The van der Waals surface area contributed by atoms with Gasteiger partial charge in [0.1, 0.15) is 6.10 Å². The molecule has 5 heteroatoms. The Hall–Kier alpha value is -2.82. The zero-order valence-corrected chi connectivity index (χ0v) is 21.8. The first-order valence-electron chi connectivity index (χ1n) is 12.7. The van der Waals surface area contributed by atoms with Crippen LogP contribution in [0, 0.1) is 17.8 Å². The van der Waals surface area contributed by atoms with Crippen LogP contribution in [0.5, 0.6) is 0 Å². The SMILES string of the molecule is CC(C)[C@@H]1CC[C@@H](C)C[C@H]1OC(=O)[C@@H](C)n1c(-c2ccc(N(C)C)cc2)[n+](C)c2ccccc21. The van der Waals surface area contributed by atoms with Gasteiger partial charge in [0, 0.05) is 19.8 Å². The summed E-state index contributed by atoms with van der Waals surface area (Å²) < 4.78 is 10.6. The van der Waals surface area contributed by atoms with Gasteiger partial charge < -0.3 is 9.64 Å². The fourth-order valence-corrected chi connectivity index (χ4v) is 5.58. The number of aromatic nitrogens is 2. The third-order valence-electron chi connectivity index (χ3n) is 7.65. The second-order valence-electron chi connectivity index (χ2n) is 10.7. The molecule has 4 atom stereocenters. The van der Waals surface area contributed by atoms with E-state index in [0.717, 1.165) is 41.0 Å². The van der Waals surface area contributed by atoms with Gasteiger partial charge in [-0.15, -0.1) is 0 Å². The lowest BCUT2D eigenvalue weighted by Crippen LogP contribution is -2.38. The molecule has 1 saturated carbocycles. The predicted octanol–water partition coefficient (Wildman–Crippen LogP) is 5.76. The number of carbonyl (C=O) groups is 1. The van der Waals surface area contributed by atoms with Gasteiger partial charge in [0.05, 0.1) is 12.6 Å². The molecular weight excluding hydrogens is 422 g/mol. The van der Waals surface area contributed by atoms with Crippen LogP contribution in [0.2, 0.25) is 0 Å². The summed E-state index contributed by atoms with van der Waals surface area (Å²) in [5.41, 5.74) is 4.36. The van der Waals surface area contributed by atoms with Gasteiger partial charge in [-0.05, 0) is 73.9 Å². The zero-order chi connectivity index (χ0) is 24.6. The van der Waals surface area contributed by atoms with Gasteiger partial charge in [0.15, 0.2) is 17.1 Å². The van der Waals surface area contributed by atoms with Gasteiger partial charge in [-0.2, -0.15) is 0 Å². The van der Waals surface area contributed by atoms with Gasteiger partial charge in [-0.3, -0.25) is 0 Å². The Morgan fingerprint density at radius 2 is 1.74 bits per heavy atom. The molecule has 0 spiro atoms. The molecule has 1 aliphatic rings. The van der Waals surface area contributed by atoms with Crippen molar-refractivity contribution < 1.29 is 14.1 Å². The zero-order valence-electron chi connectivity index (χ0n) is 21.8. The van der Waals surface area contributed by atoms with E-state index in [1.807, 2.05) is 33.2 Å². The lowest BCUT2D eigenvalue weighted by Gasteiger charge is -2.37. The number of aryl methyl sites for hydroxylation is 1. The molecule has 0 amide bonds. The molecule has 0 radical (unpaired) electrons. The van der Waals surface area contributed by atoms with Crippen LogP contribution in [-0.4, -0.2) is 30.7 Å². The number of imidazole rings is 1. The van der Waals surface area contributed by atoms with Crippen molar-refractivity contribution in [2.24, 2.45) is 24.8 Å². The van der Waals surface area contributed by atoms with Crippen molar-refractivity contribution in [3.8, 4) is 11.4 Å². The highest BCUT2D eigenvalue weighted by Gasteiger charge is 2.37. The van der Waals surface area contributed by atoms with Crippen LogP contribution in [0.15, 0.2) is 48.5 Å². The maximum absolute atomic E-state index is 13.6. The van der Waals surface area contributed by atoms with Crippen molar-refractivity contribution in [1.29, 1.82) is 0 Å². The maximum atomic E-state index is 13.6. The molecule has 0 unspecified atom stereocenters. The Morgan fingerprint density at radius 3 is 2.38 bits per heavy atom. The molecule has 4 rings (SSSR count). The van der Waals surface area contributed by atoms with E-state index in [1.54, 1.807) is 0 Å². The van der Waals surface area contributed by atoms with Crippen LogP contribution >= 0.6 is 0 Å². The minimum Gasteiger partial charge on any atom is -0.459 e. The molecule has 2 aromatic carbocycles. The van der Waals surface area contributed by atoms with Gasteiger partial charge >= 0.3 is 5.97 Å². The monoisotopic (exact) mass is 462 g/mol. The molecule has 0 saturated heterocycles. The van der Waals surface area contributed by atoms with E-state index >= 15 is 0 Å². The standard InChI is InChI=1S/C29H40N3O2/c1-19(2)24-17-12-20(3)18-27(24)34-29(33)21(4)32-26-11-9-8-10-25(26)31(7)28(32)22-13-15-23(16-14-22)30(5)6/h8-11,13-16,19-21,24,27H,12,17-18H2,1-7H3/q+1/t20-,21-,24+,27-/m1/s1. The fourth-order valence-electron chi connectivity index (χ4n) is 5.58. The molecule has 1 fully saturated rings. The average molecular weight is 463 g/mol. The predicted molar refractivity (Wildman–Crippen MR) is 139 cm³/mol. The number of ether oxygens (including phenoxy) is 1. The summed E-state index contributed by atoms with van der Waals surface area (Å²) in [4.78, 5) is 15.7. The molecule has 5 nitrogen and oxygen atoms in total. The van der Waals surface area contributed by atoms with Crippen LogP contribution in [0.4, 0.5) is 5.69 Å². The number of fused-ring (bicyclic) bond motifs is 1. The molecule has 1 heterocycles. The summed E-state index contributed by atoms with van der Waals surface area (Å²) in [6.07, 6.45) is 3.31. The molecule has 0 bridgehead atoms. The third kappa shape index (κ3) is 4.57. The number of nitrogens with zero attached hydrogens (tertiary/aromatic N) is 3. The van der Waals surface area contributed by atoms with Crippen LogP contribution in [0.3, 0.4) is 0 Å². The Bertz CT molecular complexity index is 1150. The van der Waals surface area contributed by atoms with Gasteiger partial charge in [0.2, 0.25) is 0 Å². The number of rotatable bonds is 6. The third-order valence-corrected chi connectivity index (χ3v) is 7.65. The molecule has 182 valence electrons. The largest absolute Gasteiger partial charge is 0.459 e. The topological polar surface area (TPSA) is 38.4 Å². The highest BCUT2D eigenvalue weighted by Crippen LogP contribution is 2.36. The Labute approximate surface area is 204 Å². The smallest absolute Gasteiger partial charge is 0.351 e. The van der Waals surface area contributed by atoms with E-state index in [-0.39, 0.29) is 12.1 Å². The van der Waals surface area contributed by atoms with E-state index in [4.69, 9.17) is 4.74 Å². The highest BCUT2D eigenvalue weighted by molar-refractivity contribution is 5.82. The van der Waals surface area contributed by atoms with Crippen molar-refractivity contribution >= 4 is 22.7 Å².